The molecule has 0 radical (unpaired) electrons. The second-order valence-electron chi connectivity index (χ2n) is 12.5. The predicted molar refractivity (Wildman–Crippen MR) is 195 cm³/mol. The van der Waals surface area contributed by atoms with Crippen molar-refractivity contribution in [1.82, 2.24) is 29.3 Å². The van der Waals surface area contributed by atoms with E-state index in [4.69, 9.17) is 32.7 Å². The Bertz CT molecular complexity index is 1910. The molecule has 264 valence electrons. The Morgan fingerprint density at radius 1 is 0.860 bits per heavy atom. The number of rotatable bonds is 14. The highest BCUT2D eigenvalue weighted by Gasteiger charge is 2.21. The van der Waals surface area contributed by atoms with E-state index in [0.29, 0.717) is 22.3 Å². The summed E-state index contributed by atoms with van der Waals surface area (Å²) in [7, 11) is 0. The van der Waals surface area contributed by atoms with Gasteiger partial charge in [0.1, 0.15) is 30.9 Å². The summed E-state index contributed by atoms with van der Waals surface area (Å²) in [5.74, 6) is 0.707. The highest BCUT2D eigenvalue weighted by atomic mass is 35.5. The summed E-state index contributed by atoms with van der Waals surface area (Å²) < 4.78 is 15.2. The molecule has 1 aliphatic rings. The predicted octanol–water partition coefficient (Wildman–Crippen LogP) is 5.74. The van der Waals surface area contributed by atoms with E-state index in [-0.39, 0.29) is 24.9 Å². The second-order valence-corrected chi connectivity index (χ2v) is 13.3. The van der Waals surface area contributed by atoms with Gasteiger partial charge in [0.05, 0.1) is 37.3 Å². The highest BCUT2D eigenvalue weighted by Crippen LogP contribution is 2.30. The van der Waals surface area contributed by atoms with Gasteiger partial charge in [-0.2, -0.15) is 20.1 Å². The third kappa shape index (κ3) is 8.32. The second kappa shape index (κ2) is 16.1. The first-order chi connectivity index (χ1) is 24.2. The Labute approximate surface area is 301 Å². The molecule has 1 fully saturated rings. The fourth-order valence-electron chi connectivity index (χ4n) is 5.96. The Morgan fingerprint density at radius 3 is 2.18 bits per heavy atom. The van der Waals surface area contributed by atoms with Crippen molar-refractivity contribution in [3.8, 4) is 11.4 Å². The number of benzene rings is 3. The molecule has 3 atom stereocenters. The summed E-state index contributed by atoms with van der Waals surface area (Å²) in [6.45, 7) is 9.92. The molecule has 0 bridgehead atoms. The molecule has 14 heteroatoms. The first-order valence-corrected chi connectivity index (χ1v) is 17.5. The molecule has 5 aromatic rings. The summed E-state index contributed by atoms with van der Waals surface area (Å²) in [6, 6.07) is 19.5. The number of halogens is 2. The van der Waals surface area contributed by atoms with Crippen LogP contribution in [0, 0.1) is 6.92 Å². The van der Waals surface area contributed by atoms with Crippen LogP contribution in [0.25, 0.3) is 5.69 Å². The highest BCUT2D eigenvalue weighted by molar-refractivity contribution is 6.35. The average Bonchev–Trinajstić information content (AvgIpc) is 3.79. The van der Waals surface area contributed by atoms with E-state index < -0.39 is 12.2 Å². The van der Waals surface area contributed by atoms with Crippen LogP contribution < -0.4 is 20.2 Å². The van der Waals surface area contributed by atoms with Crippen molar-refractivity contribution in [2.75, 3.05) is 49.2 Å². The summed E-state index contributed by atoms with van der Waals surface area (Å²) in [5, 5.41) is 24.4. The zero-order chi connectivity index (χ0) is 35.2. The van der Waals surface area contributed by atoms with E-state index in [2.05, 4.69) is 49.4 Å². The van der Waals surface area contributed by atoms with Gasteiger partial charge in [-0.05, 0) is 80.4 Å². The molecule has 2 aromatic heterocycles. The van der Waals surface area contributed by atoms with Gasteiger partial charge in [0, 0.05) is 53.2 Å². The third-order valence-corrected chi connectivity index (χ3v) is 9.59. The molecule has 6 rings (SSSR count). The number of ether oxygens (including phenoxy) is 2. The summed E-state index contributed by atoms with van der Waals surface area (Å²) >= 11 is 12.6. The number of hydrogen-bond donors (Lipinski definition) is 1. The van der Waals surface area contributed by atoms with Crippen molar-refractivity contribution in [1.29, 1.82) is 0 Å². The standard InChI is InChI=1S/C36H42Cl2N8O4/c1-4-26(3)46-36(48)44(24-41-46)29-8-6-28(7-9-29)42-15-17-43(18-16-42)30-10-12-34(25(2)19-30)49-22-31(47)23-50-35(21-45-39-13-14-40-45)32-11-5-27(37)20-33(32)38/h5-14,19-20,24,26,31,35,47H,4,15-18,21-23H2,1-3H3. The van der Waals surface area contributed by atoms with Gasteiger partial charge in [0.25, 0.3) is 0 Å². The van der Waals surface area contributed by atoms with E-state index in [1.165, 1.54) is 9.48 Å². The van der Waals surface area contributed by atoms with Crippen molar-refractivity contribution in [2.24, 2.45) is 0 Å². The van der Waals surface area contributed by atoms with Gasteiger partial charge < -0.3 is 24.4 Å². The van der Waals surface area contributed by atoms with Crippen LogP contribution in [0.15, 0.2) is 84.2 Å². The van der Waals surface area contributed by atoms with E-state index in [1.54, 1.807) is 41.5 Å². The number of aryl methyl sites for hydroxylation is 1. The van der Waals surface area contributed by atoms with E-state index in [9.17, 15) is 9.90 Å². The SMILES string of the molecule is CCC(C)n1ncn(-c2ccc(N3CCN(c4ccc(OCC(O)COC(Cn5nccn5)c5ccc(Cl)cc5Cl)c(C)c4)CC3)cc2)c1=O. The van der Waals surface area contributed by atoms with Crippen molar-refractivity contribution in [3.63, 3.8) is 0 Å². The maximum absolute atomic E-state index is 12.8. The summed E-state index contributed by atoms with van der Waals surface area (Å²) in [5.41, 5.74) is 4.64. The minimum atomic E-state index is -0.876. The lowest BCUT2D eigenvalue weighted by Crippen LogP contribution is -2.46. The van der Waals surface area contributed by atoms with Crippen molar-refractivity contribution >= 4 is 34.6 Å². The number of hydrogen-bond acceptors (Lipinski definition) is 9. The molecule has 0 saturated carbocycles. The van der Waals surface area contributed by atoms with Crippen LogP contribution in [0.2, 0.25) is 10.0 Å². The zero-order valence-corrected chi connectivity index (χ0v) is 29.9. The average molecular weight is 722 g/mol. The third-order valence-electron chi connectivity index (χ3n) is 9.02. The van der Waals surface area contributed by atoms with Gasteiger partial charge in [-0.15, -0.1) is 0 Å². The molecule has 3 unspecified atom stereocenters. The molecule has 1 saturated heterocycles. The molecule has 0 aliphatic carbocycles. The van der Waals surface area contributed by atoms with Crippen LogP contribution in [-0.4, -0.2) is 79.9 Å². The molecule has 0 spiro atoms. The van der Waals surface area contributed by atoms with Gasteiger partial charge in [-0.25, -0.2) is 14.0 Å². The smallest absolute Gasteiger partial charge is 0.350 e. The van der Waals surface area contributed by atoms with Crippen LogP contribution >= 0.6 is 23.2 Å². The van der Waals surface area contributed by atoms with Gasteiger partial charge >= 0.3 is 5.69 Å². The van der Waals surface area contributed by atoms with Crippen molar-refractivity contribution < 1.29 is 14.6 Å². The first kappa shape index (κ1) is 35.5. The van der Waals surface area contributed by atoms with Gasteiger partial charge in [0.15, 0.2) is 0 Å². The number of aliphatic hydroxyl groups excluding tert-OH is 1. The number of piperazine rings is 1. The minimum Gasteiger partial charge on any atom is -0.491 e. The molecular formula is C36H42Cl2N8O4. The molecule has 1 aliphatic heterocycles. The van der Waals surface area contributed by atoms with Gasteiger partial charge in [0.2, 0.25) is 0 Å². The first-order valence-electron chi connectivity index (χ1n) is 16.8. The van der Waals surface area contributed by atoms with Crippen LogP contribution in [0.3, 0.4) is 0 Å². The molecule has 1 N–H and O–H groups in total. The molecule has 50 heavy (non-hydrogen) atoms. The maximum atomic E-state index is 12.8. The molecular weight excluding hydrogens is 679 g/mol. The fourth-order valence-corrected chi connectivity index (χ4v) is 6.49. The summed E-state index contributed by atoms with van der Waals surface area (Å²) in [6.07, 6.45) is 4.24. The normalized spacial score (nSPS) is 15.2. The Hall–Kier alpha value is -4.36. The van der Waals surface area contributed by atoms with Crippen LogP contribution in [0.4, 0.5) is 11.4 Å². The zero-order valence-electron chi connectivity index (χ0n) is 28.4. The number of aliphatic hydroxyl groups is 1. The minimum absolute atomic E-state index is 0.0243. The van der Waals surface area contributed by atoms with Crippen LogP contribution in [0.5, 0.6) is 5.75 Å². The van der Waals surface area contributed by atoms with E-state index >= 15 is 0 Å². The lowest BCUT2D eigenvalue weighted by molar-refractivity contribution is -0.0339. The largest absolute Gasteiger partial charge is 0.491 e. The number of anilines is 2. The van der Waals surface area contributed by atoms with Crippen LogP contribution in [-0.2, 0) is 11.3 Å². The Kier molecular flexibility index (Phi) is 11.4. The molecule has 3 aromatic carbocycles. The molecule has 0 amide bonds. The quantitative estimate of drug-likeness (QED) is 0.153. The fraction of sp³-hybridized carbons (Fsp3) is 0.389. The van der Waals surface area contributed by atoms with Crippen LogP contribution in [0.1, 0.15) is 43.5 Å². The number of aromatic nitrogens is 6. The maximum Gasteiger partial charge on any atom is 0.350 e. The van der Waals surface area contributed by atoms with E-state index in [0.717, 1.165) is 60.8 Å². The molecule has 3 heterocycles. The van der Waals surface area contributed by atoms with Crippen molar-refractivity contribution in [3.05, 3.63) is 111 Å². The molecule has 12 nitrogen and oxygen atoms in total. The van der Waals surface area contributed by atoms with Crippen molar-refractivity contribution in [2.45, 2.75) is 52.0 Å². The van der Waals surface area contributed by atoms with E-state index in [1.807, 2.05) is 39.0 Å². The topological polar surface area (TPSA) is 116 Å². The summed E-state index contributed by atoms with van der Waals surface area (Å²) in [4.78, 5) is 19.0. The lowest BCUT2D eigenvalue weighted by atomic mass is 10.1. The number of nitrogens with zero attached hydrogens (tertiary/aromatic N) is 8. The Balaban J connectivity index is 0.995. The Morgan fingerprint density at radius 2 is 1.52 bits per heavy atom. The monoisotopic (exact) mass is 720 g/mol. The lowest BCUT2D eigenvalue weighted by Gasteiger charge is -2.37. The van der Waals surface area contributed by atoms with Gasteiger partial charge in [-0.3, -0.25) is 0 Å². The van der Waals surface area contributed by atoms with Gasteiger partial charge in [-0.1, -0.05) is 36.2 Å².